The first-order chi connectivity index (χ1) is 2.56. The Bertz CT molecular complexity index is 35.3. The quantitative estimate of drug-likeness (QED) is 0.638. The maximum atomic E-state index is 2.49. The first-order valence-corrected chi connectivity index (χ1v) is 15.2. The molecule has 0 aromatic carbocycles. The van der Waals surface area contributed by atoms with E-state index in [2.05, 4.69) is 14.8 Å². The van der Waals surface area contributed by atoms with Crippen LogP contribution in [0.1, 0.15) is 0 Å². The van der Waals surface area contributed by atoms with Gasteiger partial charge in [-0.05, 0) is 0 Å². The van der Waals surface area contributed by atoms with Gasteiger partial charge in [-0.1, -0.05) is 0 Å². The Morgan fingerprint density at radius 3 is 1.50 bits per heavy atom. The Balaban J connectivity index is 3.17. The molecule has 0 saturated heterocycles. The van der Waals surface area contributed by atoms with Crippen LogP contribution >= 0.6 is 0 Å². The molecule has 0 amide bonds. The van der Waals surface area contributed by atoms with E-state index in [9.17, 15) is 0 Å². The molecule has 0 spiro atoms. The van der Waals surface area contributed by atoms with Crippen molar-refractivity contribution in [3.8, 4) is 0 Å². The van der Waals surface area contributed by atoms with Gasteiger partial charge < -0.3 is 0 Å². The Kier molecular flexibility index (Phi) is 3.54. The third-order valence-corrected chi connectivity index (χ3v) is 27.6. The maximum absolute atomic E-state index is 2.49. The second-order valence-corrected chi connectivity index (χ2v) is 26.4. The minimum absolute atomic E-state index is 1.17. The molecule has 0 unspecified atom stereocenters. The van der Waals surface area contributed by atoms with Crippen LogP contribution in [0.15, 0.2) is 0 Å². The molecular weight excluding hydrogens is 285 g/mol. The predicted octanol–water partition coefficient (Wildman–Crippen LogP) is 1.18. The normalized spacial score (nSPS) is 12.0. The summed E-state index contributed by atoms with van der Waals surface area (Å²) in [5.74, 6) is 0. The fourth-order valence-electron chi connectivity index (χ4n) is 0. The van der Waals surface area contributed by atoms with Gasteiger partial charge in [-0.25, -0.2) is 0 Å². The molecular formula is C4H12Sn2. The van der Waals surface area contributed by atoms with Crippen LogP contribution in [0.4, 0.5) is 0 Å². The van der Waals surface area contributed by atoms with Crippen LogP contribution in [-0.4, -0.2) is 40.9 Å². The fourth-order valence-corrected chi connectivity index (χ4v) is 0. The van der Waals surface area contributed by atoms with Crippen molar-refractivity contribution in [1.29, 1.82) is 0 Å². The summed E-state index contributed by atoms with van der Waals surface area (Å²) in [5, 5.41) is 0. The molecule has 0 bridgehead atoms. The molecule has 0 aliphatic heterocycles. The summed E-state index contributed by atoms with van der Waals surface area (Å²) in [4.78, 5) is 7.46. The first-order valence-electron chi connectivity index (χ1n) is 2.26. The average Bonchev–Trinajstić information content (AvgIpc) is 1.35. The van der Waals surface area contributed by atoms with Gasteiger partial charge in [0.1, 0.15) is 0 Å². The summed E-state index contributed by atoms with van der Waals surface area (Å²) in [7, 11) is 0. The average molecular weight is 298 g/mol. The summed E-state index contributed by atoms with van der Waals surface area (Å²) in [5.41, 5.74) is 0. The van der Waals surface area contributed by atoms with E-state index in [1.807, 2.05) is 0 Å². The predicted molar refractivity (Wildman–Crippen MR) is 35.3 cm³/mol. The molecule has 0 aliphatic rings. The van der Waals surface area contributed by atoms with Gasteiger partial charge in [0.2, 0.25) is 0 Å². The van der Waals surface area contributed by atoms with Gasteiger partial charge in [0.15, 0.2) is 0 Å². The second kappa shape index (κ2) is 2.80. The van der Waals surface area contributed by atoms with Crippen LogP contribution in [0.25, 0.3) is 0 Å². The van der Waals surface area contributed by atoms with Crippen molar-refractivity contribution in [2.24, 2.45) is 0 Å². The zero-order valence-corrected chi connectivity index (χ0v) is 10.9. The van der Waals surface area contributed by atoms with Crippen LogP contribution in [0.5, 0.6) is 0 Å². The molecule has 0 nitrogen and oxygen atoms in total. The Morgan fingerprint density at radius 1 is 1.33 bits per heavy atom. The molecule has 6 heavy (non-hydrogen) atoms. The molecule has 36 valence electrons. The van der Waals surface area contributed by atoms with Gasteiger partial charge >= 0.3 is 58.2 Å². The molecule has 0 saturated carbocycles. The van der Waals surface area contributed by atoms with Gasteiger partial charge in [0.05, 0.1) is 0 Å². The molecule has 0 aromatic rings. The standard InChI is InChI=1S/3CH3.CH2.2Sn.H/h3*1H3;1H2;;;. The third kappa shape index (κ3) is 5.60. The number of hydrogen-bond acceptors (Lipinski definition) is 0. The van der Waals surface area contributed by atoms with Gasteiger partial charge in [-0.15, -0.1) is 0 Å². The van der Waals surface area contributed by atoms with Crippen LogP contribution in [-0.2, 0) is 0 Å². The monoisotopic (exact) mass is 300 g/mol. The molecule has 0 rings (SSSR count). The minimum atomic E-state index is -1.17. The van der Waals surface area contributed by atoms with E-state index in [1.54, 1.807) is 2.45 Å². The van der Waals surface area contributed by atoms with Crippen molar-refractivity contribution < 1.29 is 0 Å². The summed E-state index contributed by atoms with van der Waals surface area (Å²) >= 11 is 0.323. The Hall–Kier alpha value is 1.60. The van der Waals surface area contributed by atoms with E-state index in [0.717, 1.165) is 0 Å². The van der Waals surface area contributed by atoms with E-state index in [1.165, 1.54) is 22.5 Å². The van der Waals surface area contributed by atoms with Crippen molar-refractivity contribution in [2.75, 3.05) is 0 Å². The molecule has 0 N–H and O–H groups in total. The van der Waals surface area contributed by atoms with Crippen molar-refractivity contribution >= 4 is 40.9 Å². The van der Waals surface area contributed by atoms with Crippen molar-refractivity contribution in [2.45, 2.75) is 17.3 Å². The molecule has 0 heterocycles. The van der Waals surface area contributed by atoms with Gasteiger partial charge in [-0.2, -0.15) is 0 Å². The zero-order valence-electron chi connectivity index (χ0n) is 4.78. The number of hydrogen-bond donors (Lipinski definition) is 0. The van der Waals surface area contributed by atoms with Crippen LogP contribution in [0.2, 0.25) is 17.3 Å². The van der Waals surface area contributed by atoms with E-state index in [-0.39, 0.29) is 0 Å². The van der Waals surface area contributed by atoms with E-state index >= 15 is 0 Å². The Morgan fingerprint density at radius 2 is 1.50 bits per heavy atom. The van der Waals surface area contributed by atoms with Crippen LogP contribution in [0.3, 0.4) is 0 Å². The SMILES string of the molecule is [CH3][Sn]([CH3])([CH3])[CH2][SnH]. The van der Waals surface area contributed by atoms with Crippen molar-refractivity contribution in [3.63, 3.8) is 0 Å². The summed E-state index contributed by atoms with van der Waals surface area (Å²) in [6.45, 7) is 0. The molecule has 0 atom stereocenters. The Labute approximate surface area is 57.7 Å². The molecule has 2 radical (unpaired) electrons. The van der Waals surface area contributed by atoms with E-state index in [4.69, 9.17) is 0 Å². The fraction of sp³-hybridized carbons (Fsp3) is 1.00. The van der Waals surface area contributed by atoms with Crippen molar-refractivity contribution in [1.82, 2.24) is 0 Å². The van der Waals surface area contributed by atoms with Gasteiger partial charge in [0.25, 0.3) is 0 Å². The molecule has 0 aliphatic carbocycles. The topological polar surface area (TPSA) is 0 Å². The molecule has 2 heteroatoms. The molecule has 0 fully saturated rings. The van der Waals surface area contributed by atoms with Gasteiger partial charge in [-0.3, -0.25) is 0 Å². The molecule has 0 aromatic heterocycles. The van der Waals surface area contributed by atoms with Gasteiger partial charge in [0, 0.05) is 0 Å². The van der Waals surface area contributed by atoms with Crippen LogP contribution in [0, 0.1) is 0 Å². The summed E-state index contributed by atoms with van der Waals surface area (Å²) in [6.07, 6.45) is 0. The van der Waals surface area contributed by atoms with Crippen molar-refractivity contribution in [3.05, 3.63) is 0 Å². The van der Waals surface area contributed by atoms with E-state index < -0.39 is 18.4 Å². The first kappa shape index (κ1) is 7.60. The number of rotatable bonds is 1. The zero-order chi connectivity index (χ0) is 5.21. The third-order valence-electron chi connectivity index (χ3n) is 0.612. The second-order valence-electron chi connectivity index (χ2n) is 2.76. The summed E-state index contributed by atoms with van der Waals surface area (Å²) < 4.78 is 1.61. The summed E-state index contributed by atoms with van der Waals surface area (Å²) in [6, 6.07) is 0. The van der Waals surface area contributed by atoms with E-state index in [0.29, 0.717) is 0 Å². The van der Waals surface area contributed by atoms with Crippen LogP contribution < -0.4 is 0 Å².